The molecule has 6 nitrogen and oxygen atoms in total. The van der Waals surface area contributed by atoms with E-state index >= 15 is 0 Å². The molecule has 1 aliphatic heterocycles. The number of amides is 1. The van der Waals surface area contributed by atoms with Crippen molar-refractivity contribution in [1.82, 2.24) is 15.1 Å². The van der Waals surface area contributed by atoms with E-state index in [1.54, 1.807) is 19.1 Å². The van der Waals surface area contributed by atoms with Gasteiger partial charge < -0.3 is 14.2 Å². The van der Waals surface area contributed by atoms with Crippen molar-refractivity contribution in [2.75, 3.05) is 31.1 Å². The molecule has 134 valence electrons. The lowest BCUT2D eigenvalue weighted by Crippen LogP contribution is -2.49. The fourth-order valence-electron chi connectivity index (χ4n) is 3.13. The summed E-state index contributed by atoms with van der Waals surface area (Å²) in [5, 5.41) is 7.86. The second kappa shape index (κ2) is 7.63. The van der Waals surface area contributed by atoms with Gasteiger partial charge in [0.2, 0.25) is 11.8 Å². The van der Waals surface area contributed by atoms with Crippen LogP contribution in [0.25, 0.3) is 0 Å². The maximum atomic E-state index is 13.1. The fourth-order valence-corrected chi connectivity index (χ4v) is 3.13. The Morgan fingerprint density at radius 1 is 1.20 bits per heavy atom. The molecular formula is C18H23FN4O2. The maximum absolute atomic E-state index is 13.1. The largest absolute Gasteiger partial charge is 0.408 e. The lowest BCUT2D eigenvalue weighted by Gasteiger charge is -2.34. The molecule has 1 saturated heterocycles. The van der Waals surface area contributed by atoms with Crippen molar-refractivity contribution in [2.24, 2.45) is 0 Å². The van der Waals surface area contributed by atoms with Crippen molar-refractivity contribution in [3.63, 3.8) is 0 Å². The number of aromatic nitrogens is 2. The topological polar surface area (TPSA) is 62.5 Å². The zero-order valence-corrected chi connectivity index (χ0v) is 14.6. The van der Waals surface area contributed by atoms with Gasteiger partial charge in [0.05, 0.1) is 0 Å². The van der Waals surface area contributed by atoms with Crippen LogP contribution in [0.2, 0.25) is 0 Å². The fraction of sp³-hybridized carbons (Fsp3) is 0.500. The van der Waals surface area contributed by atoms with Crippen LogP contribution in [0, 0.1) is 12.7 Å². The van der Waals surface area contributed by atoms with E-state index < -0.39 is 0 Å². The highest BCUT2D eigenvalue weighted by Gasteiger charge is 2.25. The monoisotopic (exact) mass is 346 g/mol. The van der Waals surface area contributed by atoms with Gasteiger partial charge in [-0.25, -0.2) is 4.39 Å². The summed E-state index contributed by atoms with van der Waals surface area (Å²) in [4.78, 5) is 16.5. The molecular weight excluding hydrogens is 323 g/mol. The number of piperazine rings is 1. The zero-order valence-electron chi connectivity index (χ0n) is 14.6. The van der Waals surface area contributed by atoms with E-state index in [9.17, 15) is 9.18 Å². The van der Waals surface area contributed by atoms with Crippen molar-refractivity contribution in [2.45, 2.75) is 32.6 Å². The predicted molar refractivity (Wildman–Crippen MR) is 91.9 cm³/mol. The van der Waals surface area contributed by atoms with Crippen LogP contribution in [-0.2, 0) is 4.79 Å². The van der Waals surface area contributed by atoms with Gasteiger partial charge in [-0.2, -0.15) is 0 Å². The molecule has 1 aromatic heterocycles. The first kappa shape index (κ1) is 17.4. The summed E-state index contributed by atoms with van der Waals surface area (Å²) < 4.78 is 18.5. The smallest absolute Gasteiger partial charge is 0.318 e. The van der Waals surface area contributed by atoms with Crippen LogP contribution < -0.4 is 4.90 Å². The number of nitrogens with zero attached hydrogens (tertiary/aromatic N) is 4. The lowest BCUT2D eigenvalue weighted by molar-refractivity contribution is -0.132. The second-order valence-electron chi connectivity index (χ2n) is 6.33. The number of benzene rings is 1. The first-order valence-corrected chi connectivity index (χ1v) is 8.65. The standard InChI is InChI=1S/C18H23FN4O2/c1-3-14(15-4-6-16(19)7-5-15)12-17(24)22-8-10-23(11-9-22)18-21-20-13(2)25-18/h4-7,14H,3,8-12H2,1-2H3. The Labute approximate surface area is 146 Å². The Morgan fingerprint density at radius 3 is 2.44 bits per heavy atom. The van der Waals surface area contributed by atoms with Gasteiger partial charge >= 0.3 is 6.01 Å². The number of rotatable bonds is 5. The molecule has 0 saturated carbocycles. The molecule has 1 aliphatic rings. The molecule has 7 heteroatoms. The van der Waals surface area contributed by atoms with Crippen LogP contribution in [0.15, 0.2) is 28.7 Å². The molecule has 0 radical (unpaired) electrons. The third kappa shape index (κ3) is 4.15. The molecule has 1 fully saturated rings. The van der Waals surface area contributed by atoms with Crippen molar-refractivity contribution in [3.8, 4) is 0 Å². The quantitative estimate of drug-likeness (QED) is 0.833. The van der Waals surface area contributed by atoms with Crippen molar-refractivity contribution in [1.29, 1.82) is 0 Å². The zero-order chi connectivity index (χ0) is 17.8. The molecule has 0 spiro atoms. The third-order valence-electron chi connectivity index (χ3n) is 4.67. The Kier molecular flexibility index (Phi) is 5.31. The van der Waals surface area contributed by atoms with E-state index in [-0.39, 0.29) is 17.6 Å². The molecule has 0 N–H and O–H groups in total. The van der Waals surface area contributed by atoms with Crippen LogP contribution >= 0.6 is 0 Å². The Hall–Kier alpha value is -2.44. The molecule has 1 aromatic carbocycles. The number of hydrogen-bond donors (Lipinski definition) is 0. The van der Waals surface area contributed by atoms with Gasteiger partial charge in [0.15, 0.2) is 0 Å². The van der Waals surface area contributed by atoms with Crippen LogP contribution in [0.4, 0.5) is 10.4 Å². The number of aryl methyl sites for hydroxylation is 1. The van der Waals surface area contributed by atoms with Gasteiger partial charge in [-0.05, 0) is 30.0 Å². The van der Waals surface area contributed by atoms with Crippen LogP contribution in [-0.4, -0.2) is 47.2 Å². The number of hydrogen-bond acceptors (Lipinski definition) is 5. The molecule has 1 amide bonds. The summed E-state index contributed by atoms with van der Waals surface area (Å²) in [5.74, 6) is 0.540. The van der Waals surface area contributed by atoms with Gasteiger partial charge in [0.1, 0.15) is 5.82 Å². The van der Waals surface area contributed by atoms with E-state index in [4.69, 9.17) is 4.42 Å². The molecule has 1 unspecified atom stereocenters. The normalized spacial score (nSPS) is 16.1. The first-order chi connectivity index (χ1) is 12.1. The summed E-state index contributed by atoms with van der Waals surface area (Å²) in [6.45, 7) is 6.45. The predicted octanol–water partition coefficient (Wildman–Crippen LogP) is 2.75. The van der Waals surface area contributed by atoms with Crippen LogP contribution in [0.1, 0.15) is 37.1 Å². The second-order valence-corrected chi connectivity index (χ2v) is 6.33. The van der Waals surface area contributed by atoms with E-state index in [0.717, 1.165) is 12.0 Å². The third-order valence-corrected chi connectivity index (χ3v) is 4.67. The van der Waals surface area contributed by atoms with Gasteiger partial charge in [-0.15, -0.1) is 5.10 Å². The summed E-state index contributed by atoms with van der Waals surface area (Å²) in [6, 6.07) is 6.96. The van der Waals surface area contributed by atoms with Crippen molar-refractivity contribution >= 4 is 11.9 Å². The summed E-state index contributed by atoms with van der Waals surface area (Å²) in [7, 11) is 0. The summed E-state index contributed by atoms with van der Waals surface area (Å²) >= 11 is 0. The number of carbonyl (C=O) groups is 1. The molecule has 2 heterocycles. The van der Waals surface area contributed by atoms with Crippen LogP contribution in [0.5, 0.6) is 0 Å². The van der Waals surface area contributed by atoms with Gasteiger partial charge in [-0.1, -0.05) is 24.2 Å². The molecule has 1 atom stereocenters. The first-order valence-electron chi connectivity index (χ1n) is 8.65. The van der Waals surface area contributed by atoms with Gasteiger partial charge in [0.25, 0.3) is 0 Å². The highest BCUT2D eigenvalue weighted by molar-refractivity contribution is 5.77. The van der Waals surface area contributed by atoms with Crippen LogP contribution in [0.3, 0.4) is 0 Å². The molecule has 25 heavy (non-hydrogen) atoms. The molecule has 3 rings (SSSR count). The average molecular weight is 346 g/mol. The number of anilines is 1. The van der Waals surface area contributed by atoms with Gasteiger partial charge in [-0.3, -0.25) is 4.79 Å². The highest BCUT2D eigenvalue weighted by Crippen LogP contribution is 2.25. The van der Waals surface area contributed by atoms with E-state index in [1.165, 1.54) is 12.1 Å². The summed E-state index contributed by atoms with van der Waals surface area (Å²) in [6.07, 6.45) is 1.29. The molecule has 2 aromatic rings. The molecule has 0 aliphatic carbocycles. The highest BCUT2D eigenvalue weighted by atomic mass is 19.1. The summed E-state index contributed by atoms with van der Waals surface area (Å²) in [5.41, 5.74) is 1.01. The van der Waals surface area contributed by atoms with Crippen molar-refractivity contribution in [3.05, 3.63) is 41.5 Å². The van der Waals surface area contributed by atoms with E-state index in [0.29, 0.717) is 44.5 Å². The number of halogens is 1. The minimum atomic E-state index is -0.252. The lowest BCUT2D eigenvalue weighted by atomic mass is 9.92. The average Bonchev–Trinajstić information content (AvgIpc) is 3.07. The van der Waals surface area contributed by atoms with Gasteiger partial charge in [0, 0.05) is 39.5 Å². The minimum absolute atomic E-state index is 0.115. The molecule has 0 bridgehead atoms. The Bertz CT molecular complexity index is 708. The SMILES string of the molecule is CCC(CC(=O)N1CCN(c2nnc(C)o2)CC1)c1ccc(F)cc1. The number of carbonyl (C=O) groups excluding carboxylic acids is 1. The van der Waals surface area contributed by atoms with E-state index in [1.807, 2.05) is 9.80 Å². The Morgan fingerprint density at radius 2 is 1.88 bits per heavy atom. The minimum Gasteiger partial charge on any atom is -0.408 e. The maximum Gasteiger partial charge on any atom is 0.318 e. The Balaban J connectivity index is 1.55. The van der Waals surface area contributed by atoms with Crippen molar-refractivity contribution < 1.29 is 13.6 Å². The van der Waals surface area contributed by atoms with E-state index in [2.05, 4.69) is 17.1 Å².